The van der Waals surface area contributed by atoms with Crippen molar-refractivity contribution < 1.29 is 19.1 Å². The van der Waals surface area contributed by atoms with Crippen molar-refractivity contribution in [1.29, 1.82) is 0 Å². The van der Waals surface area contributed by atoms with Crippen molar-refractivity contribution in [2.24, 2.45) is 57.7 Å². The minimum absolute atomic E-state index is 0.000536. The SMILES string of the molecule is CC(=O)O[C@H]1C[C@]2(C)[C@@H]([C@H](C)CCCC(C)C)CC[C@@]2(C)[C@@H]2C(=O)C[C@@H]3C(C=CC(=O)[C@H]3C)[C@]12C. The summed E-state index contributed by atoms with van der Waals surface area (Å²) < 4.78 is 6.17. The molecule has 0 saturated heterocycles. The zero-order valence-electron chi connectivity index (χ0n) is 23.4. The van der Waals surface area contributed by atoms with Gasteiger partial charge in [0.15, 0.2) is 5.78 Å². The van der Waals surface area contributed by atoms with Crippen molar-refractivity contribution in [3.63, 3.8) is 0 Å². The van der Waals surface area contributed by atoms with Crippen LogP contribution in [0.2, 0.25) is 0 Å². The molecular formula is C31H48O4. The number of carbonyl (C=O) groups excluding carboxylic acids is 3. The average Bonchev–Trinajstić information content (AvgIpc) is 3.01. The van der Waals surface area contributed by atoms with Crippen molar-refractivity contribution >= 4 is 17.5 Å². The summed E-state index contributed by atoms with van der Waals surface area (Å²) in [5.41, 5.74) is -0.673. The molecule has 35 heavy (non-hydrogen) atoms. The lowest BCUT2D eigenvalue weighted by atomic mass is 9.37. The number of allylic oxidation sites excluding steroid dienone is 2. The van der Waals surface area contributed by atoms with Crippen LogP contribution in [0.1, 0.15) is 100 Å². The smallest absolute Gasteiger partial charge is 0.302 e. The van der Waals surface area contributed by atoms with Gasteiger partial charge in [0.1, 0.15) is 11.9 Å². The normalized spacial score (nSPS) is 45.6. The number of rotatable bonds is 6. The lowest BCUT2D eigenvalue weighted by molar-refractivity contribution is -0.224. The number of hydrogen-bond donors (Lipinski definition) is 0. The van der Waals surface area contributed by atoms with E-state index in [1.165, 1.54) is 26.2 Å². The van der Waals surface area contributed by atoms with Crippen molar-refractivity contribution in [2.45, 2.75) is 106 Å². The number of esters is 1. The predicted octanol–water partition coefficient (Wildman–Crippen LogP) is 6.81. The summed E-state index contributed by atoms with van der Waals surface area (Å²) in [5, 5.41) is 0. The lowest BCUT2D eigenvalue weighted by Gasteiger charge is -2.66. The molecule has 4 rings (SSSR count). The Bertz CT molecular complexity index is 904. The molecule has 196 valence electrons. The third-order valence-corrected chi connectivity index (χ3v) is 11.6. The summed E-state index contributed by atoms with van der Waals surface area (Å²) in [5.74, 6) is 1.74. The molecule has 0 aromatic rings. The Labute approximate surface area is 213 Å². The second-order valence-corrected chi connectivity index (χ2v) is 13.8. The number of ketones is 2. The Morgan fingerprint density at radius 1 is 1.11 bits per heavy atom. The van der Waals surface area contributed by atoms with Crippen LogP contribution in [-0.2, 0) is 19.1 Å². The molecule has 4 nitrogen and oxygen atoms in total. The maximum absolute atomic E-state index is 14.1. The minimum Gasteiger partial charge on any atom is -0.462 e. The van der Waals surface area contributed by atoms with Gasteiger partial charge in [-0.3, -0.25) is 14.4 Å². The number of hydrogen-bond acceptors (Lipinski definition) is 4. The number of fused-ring (bicyclic) bond motifs is 5. The zero-order chi connectivity index (χ0) is 25.9. The van der Waals surface area contributed by atoms with Crippen LogP contribution in [-0.4, -0.2) is 23.6 Å². The Morgan fingerprint density at radius 2 is 1.80 bits per heavy atom. The highest BCUT2D eigenvalue weighted by atomic mass is 16.5. The van der Waals surface area contributed by atoms with E-state index in [9.17, 15) is 14.4 Å². The average molecular weight is 485 g/mol. The molecule has 1 unspecified atom stereocenters. The predicted molar refractivity (Wildman–Crippen MR) is 138 cm³/mol. The lowest BCUT2D eigenvalue weighted by Crippen LogP contribution is -2.68. The molecule has 0 aromatic heterocycles. The summed E-state index contributed by atoms with van der Waals surface area (Å²) in [6, 6.07) is 0. The monoisotopic (exact) mass is 484 g/mol. The molecule has 0 amide bonds. The van der Waals surface area contributed by atoms with Crippen LogP contribution < -0.4 is 0 Å². The van der Waals surface area contributed by atoms with Crippen LogP contribution in [0.3, 0.4) is 0 Å². The topological polar surface area (TPSA) is 60.4 Å². The molecule has 3 saturated carbocycles. The van der Waals surface area contributed by atoms with Crippen molar-refractivity contribution in [1.82, 2.24) is 0 Å². The first-order valence-corrected chi connectivity index (χ1v) is 14.2. The Balaban J connectivity index is 1.76. The number of ether oxygens (including phenoxy) is 1. The molecule has 0 aliphatic heterocycles. The van der Waals surface area contributed by atoms with Crippen LogP contribution in [0.15, 0.2) is 12.2 Å². The van der Waals surface area contributed by atoms with Crippen LogP contribution in [0, 0.1) is 57.7 Å². The first-order chi connectivity index (χ1) is 16.3. The molecule has 4 aliphatic rings. The second-order valence-electron chi connectivity index (χ2n) is 13.8. The minimum atomic E-state index is -0.485. The third kappa shape index (κ3) is 3.96. The molecule has 4 heteroatoms. The third-order valence-electron chi connectivity index (χ3n) is 11.6. The van der Waals surface area contributed by atoms with Crippen LogP contribution in [0.25, 0.3) is 0 Å². The van der Waals surface area contributed by atoms with Gasteiger partial charge in [0.05, 0.1) is 0 Å². The summed E-state index contributed by atoms with van der Waals surface area (Å²) in [6.07, 6.45) is 10.7. The van der Waals surface area contributed by atoms with Crippen molar-refractivity contribution in [3.8, 4) is 0 Å². The number of Topliss-reactive ketones (excluding diaryl/α,β-unsaturated/α-hetero) is 1. The number of carbonyl (C=O) groups is 3. The van der Waals surface area contributed by atoms with Crippen LogP contribution in [0.4, 0.5) is 0 Å². The van der Waals surface area contributed by atoms with Gasteiger partial charge in [-0.05, 0) is 65.8 Å². The highest BCUT2D eigenvalue weighted by molar-refractivity contribution is 5.94. The largest absolute Gasteiger partial charge is 0.462 e. The van der Waals surface area contributed by atoms with Gasteiger partial charge in [-0.25, -0.2) is 0 Å². The van der Waals surface area contributed by atoms with Gasteiger partial charge in [-0.2, -0.15) is 0 Å². The van der Waals surface area contributed by atoms with E-state index in [1.54, 1.807) is 6.08 Å². The quantitative estimate of drug-likeness (QED) is 0.389. The van der Waals surface area contributed by atoms with Crippen molar-refractivity contribution in [2.75, 3.05) is 0 Å². The van der Waals surface area contributed by atoms with E-state index in [0.29, 0.717) is 24.0 Å². The maximum atomic E-state index is 14.1. The van der Waals surface area contributed by atoms with E-state index >= 15 is 0 Å². The van der Waals surface area contributed by atoms with E-state index in [-0.39, 0.29) is 52.4 Å². The van der Waals surface area contributed by atoms with Crippen molar-refractivity contribution in [3.05, 3.63) is 12.2 Å². The van der Waals surface area contributed by atoms with E-state index in [1.807, 2.05) is 6.92 Å². The van der Waals surface area contributed by atoms with E-state index < -0.39 is 5.41 Å². The first-order valence-electron chi connectivity index (χ1n) is 14.2. The molecule has 0 heterocycles. The highest BCUT2D eigenvalue weighted by Gasteiger charge is 2.73. The molecule has 0 N–H and O–H groups in total. The summed E-state index contributed by atoms with van der Waals surface area (Å²) in [7, 11) is 0. The molecule has 0 spiro atoms. The summed E-state index contributed by atoms with van der Waals surface area (Å²) >= 11 is 0. The van der Waals surface area contributed by atoms with Gasteiger partial charge in [0.2, 0.25) is 0 Å². The van der Waals surface area contributed by atoms with E-state index in [0.717, 1.165) is 25.2 Å². The van der Waals surface area contributed by atoms with Crippen LogP contribution in [0.5, 0.6) is 0 Å². The van der Waals surface area contributed by atoms with Crippen LogP contribution >= 0.6 is 0 Å². The molecule has 4 aliphatic carbocycles. The molecular weight excluding hydrogens is 436 g/mol. The van der Waals surface area contributed by atoms with Gasteiger partial charge >= 0.3 is 5.97 Å². The fourth-order valence-corrected chi connectivity index (χ4v) is 9.60. The fourth-order valence-electron chi connectivity index (χ4n) is 9.60. The van der Waals surface area contributed by atoms with Gasteiger partial charge in [-0.15, -0.1) is 0 Å². The van der Waals surface area contributed by atoms with Gasteiger partial charge in [0, 0.05) is 30.6 Å². The maximum Gasteiger partial charge on any atom is 0.302 e. The van der Waals surface area contributed by atoms with Gasteiger partial charge in [0.25, 0.3) is 0 Å². The molecule has 3 fully saturated rings. The standard InChI is InChI=1S/C31H48O4/c1-18(2)10-9-11-19(3)23-14-15-29(6)28-26(34)16-22-20(4)25(33)13-12-24(22)31(28,8)27(35-21(5)32)17-30(23,29)7/h12-13,18-20,22-24,27-28H,9-11,14-17H2,1-8H3/t19-,20+,22+,23-,24?,27+,28+,29+,30-,31-/m1/s1. The summed E-state index contributed by atoms with van der Waals surface area (Å²) in [4.78, 5) is 39.1. The summed E-state index contributed by atoms with van der Waals surface area (Å²) in [6.45, 7) is 17.5. The van der Waals surface area contributed by atoms with E-state index in [4.69, 9.17) is 4.74 Å². The Morgan fingerprint density at radius 3 is 2.43 bits per heavy atom. The molecule has 10 atom stereocenters. The van der Waals surface area contributed by atoms with Gasteiger partial charge in [-0.1, -0.05) is 73.8 Å². The molecule has 0 aromatic carbocycles. The first kappa shape index (κ1) is 26.6. The van der Waals surface area contributed by atoms with Gasteiger partial charge < -0.3 is 4.74 Å². The van der Waals surface area contributed by atoms with E-state index in [2.05, 4.69) is 47.6 Å². The highest BCUT2D eigenvalue weighted by Crippen LogP contribution is 2.74. The zero-order valence-corrected chi connectivity index (χ0v) is 23.4. The Hall–Kier alpha value is -1.45. The molecule has 0 bridgehead atoms. The molecule has 0 radical (unpaired) electrons. The second kappa shape index (κ2) is 9.14. The fraction of sp³-hybridized carbons (Fsp3) is 0.839. The Kier molecular flexibility index (Phi) is 6.95.